The lowest BCUT2D eigenvalue weighted by Gasteiger charge is -2.15. The fourth-order valence-corrected chi connectivity index (χ4v) is 5.57. The lowest BCUT2D eigenvalue weighted by Crippen LogP contribution is -2.15. The van der Waals surface area contributed by atoms with E-state index in [1.54, 1.807) is 6.20 Å². The van der Waals surface area contributed by atoms with Crippen LogP contribution in [0, 0.1) is 5.92 Å². The number of benzene rings is 1. The van der Waals surface area contributed by atoms with Gasteiger partial charge in [0.05, 0.1) is 29.5 Å². The van der Waals surface area contributed by atoms with Crippen LogP contribution >= 0.6 is 11.3 Å². The van der Waals surface area contributed by atoms with Crippen molar-refractivity contribution in [2.75, 3.05) is 4.90 Å². The Morgan fingerprint density at radius 3 is 2.97 bits per heavy atom. The van der Waals surface area contributed by atoms with Gasteiger partial charge in [0, 0.05) is 42.7 Å². The Kier molecular flexibility index (Phi) is 5.83. The summed E-state index contributed by atoms with van der Waals surface area (Å²) in [5.41, 5.74) is 4.94. The molecule has 166 valence electrons. The molecule has 4 aromatic rings. The summed E-state index contributed by atoms with van der Waals surface area (Å²) >= 11 is 1.52. The molecule has 7 heteroatoms. The van der Waals surface area contributed by atoms with Crippen LogP contribution in [0.15, 0.2) is 42.9 Å². The van der Waals surface area contributed by atoms with Crippen LogP contribution in [0.25, 0.3) is 10.9 Å². The third kappa shape index (κ3) is 4.09. The highest BCUT2D eigenvalue weighted by molar-refractivity contribution is 7.17. The average Bonchev–Trinajstić information content (AvgIpc) is 3.57. The van der Waals surface area contributed by atoms with E-state index in [1.165, 1.54) is 33.5 Å². The number of aromatic amines is 1. The first-order chi connectivity index (χ1) is 15.6. The summed E-state index contributed by atoms with van der Waals surface area (Å²) in [6, 6.07) is 8.41. The predicted octanol–water partition coefficient (Wildman–Crippen LogP) is 5.50. The maximum atomic E-state index is 13.2. The molecule has 0 bridgehead atoms. The molecule has 1 aliphatic rings. The van der Waals surface area contributed by atoms with Gasteiger partial charge in [0.2, 0.25) is 0 Å². The van der Waals surface area contributed by atoms with E-state index in [2.05, 4.69) is 57.4 Å². The van der Waals surface area contributed by atoms with Crippen LogP contribution in [0.1, 0.15) is 59.1 Å². The zero-order valence-electron chi connectivity index (χ0n) is 18.7. The van der Waals surface area contributed by atoms with Crippen LogP contribution in [-0.2, 0) is 26.6 Å². The Labute approximate surface area is 192 Å². The number of carbonyl (C=O) groups excluding carboxylic acids is 1. The summed E-state index contributed by atoms with van der Waals surface area (Å²) in [5, 5.41) is 6.51. The number of hydrogen-bond donors (Lipinski definition) is 1. The van der Waals surface area contributed by atoms with Gasteiger partial charge in [-0.2, -0.15) is 5.10 Å². The maximum absolute atomic E-state index is 13.2. The Hall–Kier alpha value is -2.93. The second-order valence-corrected chi connectivity index (χ2v) is 9.81. The minimum atomic E-state index is 0.216. The summed E-state index contributed by atoms with van der Waals surface area (Å²) in [7, 11) is 1.98. The monoisotopic (exact) mass is 447 g/mol. The molecule has 6 nitrogen and oxygen atoms in total. The highest BCUT2D eigenvalue weighted by Crippen LogP contribution is 2.32. The first kappa shape index (κ1) is 20.9. The summed E-state index contributed by atoms with van der Waals surface area (Å²) < 4.78 is 1.93. The Bertz CT molecular complexity index is 1240. The molecule has 1 aliphatic heterocycles. The maximum Gasteiger partial charge on any atom is 0.186 e. The minimum absolute atomic E-state index is 0.216. The van der Waals surface area contributed by atoms with E-state index < -0.39 is 0 Å². The average molecular weight is 448 g/mol. The van der Waals surface area contributed by atoms with Crippen LogP contribution in [0.2, 0.25) is 0 Å². The number of rotatable bonds is 9. The van der Waals surface area contributed by atoms with Crippen molar-refractivity contribution < 1.29 is 4.79 Å². The van der Waals surface area contributed by atoms with Gasteiger partial charge in [-0.15, -0.1) is 0 Å². The van der Waals surface area contributed by atoms with E-state index in [4.69, 9.17) is 0 Å². The molecule has 0 saturated heterocycles. The number of para-hydroxylation sites is 1. The summed E-state index contributed by atoms with van der Waals surface area (Å²) in [6.45, 7) is 3.82. The van der Waals surface area contributed by atoms with Crippen molar-refractivity contribution >= 4 is 33.2 Å². The number of nitrogens with zero attached hydrogens (tertiary/aromatic N) is 4. The molecule has 0 saturated carbocycles. The molecule has 1 N–H and O–H groups in total. The normalized spacial score (nSPS) is 14.2. The third-order valence-corrected chi connectivity index (χ3v) is 7.61. The largest absolute Gasteiger partial charge is 0.361 e. The Balaban J connectivity index is 1.27. The summed E-state index contributed by atoms with van der Waals surface area (Å²) in [6.07, 6.45) is 10.7. The number of unbranched alkanes of at least 4 members (excludes halogenated alkanes) is 1. The van der Waals surface area contributed by atoms with Crippen molar-refractivity contribution in [1.82, 2.24) is 19.7 Å². The fraction of sp³-hybridized carbons (Fsp3) is 0.400. The molecular weight excluding hydrogens is 418 g/mol. The number of H-pyrrole nitrogens is 1. The van der Waals surface area contributed by atoms with Crippen molar-refractivity contribution in [1.29, 1.82) is 0 Å². The molecular formula is C25H29N5OS. The van der Waals surface area contributed by atoms with Gasteiger partial charge in [0.1, 0.15) is 0 Å². The number of nitrogens with one attached hydrogen (secondary N) is 1. The van der Waals surface area contributed by atoms with Crippen LogP contribution in [0.5, 0.6) is 0 Å². The number of ketones is 1. The smallest absolute Gasteiger partial charge is 0.186 e. The number of carbonyl (C=O) groups is 1. The molecule has 0 spiro atoms. The minimum Gasteiger partial charge on any atom is -0.361 e. The molecule has 1 unspecified atom stereocenters. The van der Waals surface area contributed by atoms with Gasteiger partial charge in [-0.25, -0.2) is 4.98 Å². The number of fused-ring (bicyclic) bond motifs is 2. The van der Waals surface area contributed by atoms with E-state index in [1.807, 2.05) is 17.9 Å². The third-order valence-electron chi connectivity index (χ3n) is 6.51. The van der Waals surface area contributed by atoms with E-state index >= 15 is 0 Å². The van der Waals surface area contributed by atoms with Crippen LogP contribution in [0.4, 0.5) is 5.13 Å². The summed E-state index contributed by atoms with van der Waals surface area (Å²) in [5.74, 6) is 0.558. The molecule has 0 amide bonds. The molecule has 4 heterocycles. The fourth-order valence-electron chi connectivity index (χ4n) is 4.71. The van der Waals surface area contributed by atoms with Crippen molar-refractivity contribution in [2.45, 2.75) is 52.1 Å². The van der Waals surface area contributed by atoms with Gasteiger partial charge >= 0.3 is 0 Å². The first-order valence-electron chi connectivity index (χ1n) is 11.4. The van der Waals surface area contributed by atoms with E-state index in [0.29, 0.717) is 12.3 Å². The molecule has 5 rings (SSSR count). The highest BCUT2D eigenvalue weighted by atomic mass is 32.1. The standard InChI is InChI=1S/C25H29N5OS/c1-3-4-7-17(10-18-12-26-21-9-6-5-8-20(18)21)11-23(31)24-14-27-25(32-24)30-15-19-13-28-29(2)22(19)16-30/h5-6,8-9,12-14,17,26H,3-4,7,10-11,15-16H2,1-2H3. The van der Waals surface area contributed by atoms with Crippen molar-refractivity contribution in [3.8, 4) is 0 Å². The highest BCUT2D eigenvalue weighted by Gasteiger charge is 2.26. The number of anilines is 1. The zero-order valence-corrected chi connectivity index (χ0v) is 19.5. The van der Waals surface area contributed by atoms with Crippen LogP contribution in [-0.4, -0.2) is 25.5 Å². The van der Waals surface area contributed by atoms with Crippen LogP contribution in [0.3, 0.4) is 0 Å². The lowest BCUT2D eigenvalue weighted by atomic mass is 9.89. The number of Topliss-reactive ketones (excluding diaryl/α,β-unsaturated/α-hetero) is 1. The van der Waals surface area contributed by atoms with Crippen molar-refractivity contribution in [3.05, 3.63) is 64.6 Å². The predicted molar refractivity (Wildman–Crippen MR) is 129 cm³/mol. The van der Waals surface area contributed by atoms with Crippen molar-refractivity contribution in [2.24, 2.45) is 13.0 Å². The van der Waals surface area contributed by atoms with Gasteiger partial charge in [-0.1, -0.05) is 49.3 Å². The number of thiazole rings is 1. The van der Waals surface area contributed by atoms with Gasteiger partial charge in [-0.3, -0.25) is 9.48 Å². The van der Waals surface area contributed by atoms with Gasteiger partial charge in [-0.05, 0) is 30.4 Å². The van der Waals surface area contributed by atoms with E-state index in [0.717, 1.165) is 54.3 Å². The molecule has 0 aliphatic carbocycles. The molecule has 1 aromatic carbocycles. The van der Waals surface area contributed by atoms with Crippen molar-refractivity contribution in [3.63, 3.8) is 0 Å². The Morgan fingerprint density at radius 2 is 2.12 bits per heavy atom. The second kappa shape index (κ2) is 8.90. The topological polar surface area (TPSA) is 66.8 Å². The summed E-state index contributed by atoms with van der Waals surface area (Å²) in [4.78, 5) is 24.2. The van der Waals surface area contributed by atoms with Gasteiger partial charge < -0.3 is 9.88 Å². The molecule has 0 radical (unpaired) electrons. The Morgan fingerprint density at radius 1 is 1.25 bits per heavy atom. The molecule has 32 heavy (non-hydrogen) atoms. The number of aryl methyl sites for hydroxylation is 1. The second-order valence-electron chi connectivity index (χ2n) is 8.80. The molecule has 0 fully saturated rings. The van der Waals surface area contributed by atoms with E-state index in [9.17, 15) is 4.79 Å². The number of hydrogen-bond acceptors (Lipinski definition) is 5. The SMILES string of the molecule is CCCCC(CC(=O)c1cnc(N2Cc3cnn(C)c3C2)s1)Cc1c[nH]c2ccccc12. The van der Waals surface area contributed by atoms with Gasteiger partial charge in [0.15, 0.2) is 10.9 Å². The van der Waals surface area contributed by atoms with Gasteiger partial charge in [0.25, 0.3) is 0 Å². The first-order valence-corrected chi connectivity index (χ1v) is 12.2. The lowest BCUT2D eigenvalue weighted by molar-refractivity contribution is 0.0962. The van der Waals surface area contributed by atoms with E-state index in [-0.39, 0.29) is 5.78 Å². The zero-order chi connectivity index (χ0) is 22.1. The molecule has 3 aromatic heterocycles. The molecule has 1 atom stereocenters. The number of aromatic nitrogens is 4. The quantitative estimate of drug-likeness (QED) is 0.344. The van der Waals surface area contributed by atoms with Crippen LogP contribution < -0.4 is 4.90 Å².